The molecule has 2 rings (SSSR count). The number of para-hydroxylation sites is 1. The van der Waals surface area contributed by atoms with Crippen LogP contribution in [0.4, 0.5) is 5.69 Å². The fourth-order valence-corrected chi connectivity index (χ4v) is 3.31. The van der Waals surface area contributed by atoms with Crippen LogP contribution in [0.3, 0.4) is 0 Å². The van der Waals surface area contributed by atoms with Gasteiger partial charge in [0.05, 0.1) is 5.69 Å². The lowest BCUT2D eigenvalue weighted by Crippen LogP contribution is -2.22. The molecule has 0 aliphatic rings. The smallest absolute Gasteiger partial charge is 0.236 e. The van der Waals surface area contributed by atoms with Crippen LogP contribution in [-0.2, 0) is 16.4 Å². The van der Waals surface area contributed by atoms with Crippen LogP contribution in [0.15, 0.2) is 42.5 Å². The van der Waals surface area contributed by atoms with Gasteiger partial charge in [-0.1, -0.05) is 37.3 Å². The van der Waals surface area contributed by atoms with Crippen molar-refractivity contribution in [3.8, 4) is 5.75 Å². The number of anilines is 1. The summed E-state index contributed by atoms with van der Waals surface area (Å²) in [6.07, 6.45) is 0.967. The number of hydrogen-bond donors (Lipinski definition) is 1. The third-order valence-corrected chi connectivity index (χ3v) is 4.91. The molecular formula is C18H23NO3S. The molecule has 0 aromatic heterocycles. The number of sulfonamides is 1. The molecule has 0 saturated heterocycles. The third-order valence-electron chi connectivity index (χ3n) is 3.69. The number of aryl methyl sites for hydroxylation is 3. The monoisotopic (exact) mass is 333 g/mol. The summed E-state index contributed by atoms with van der Waals surface area (Å²) < 4.78 is 32.6. The van der Waals surface area contributed by atoms with Gasteiger partial charge in [0.1, 0.15) is 18.1 Å². The molecule has 2 aromatic rings. The van der Waals surface area contributed by atoms with E-state index in [1.54, 1.807) is 0 Å². The zero-order valence-corrected chi connectivity index (χ0v) is 14.6. The molecule has 0 aliphatic carbocycles. The van der Waals surface area contributed by atoms with Crippen LogP contribution < -0.4 is 9.46 Å². The van der Waals surface area contributed by atoms with E-state index in [1.165, 1.54) is 5.56 Å². The first-order valence-corrected chi connectivity index (χ1v) is 9.35. The van der Waals surface area contributed by atoms with E-state index >= 15 is 0 Å². The Labute approximate surface area is 138 Å². The Kier molecular flexibility index (Phi) is 5.66. The minimum Gasteiger partial charge on any atom is -0.492 e. The average Bonchev–Trinajstić information content (AvgIpc) is 2.52. The maximum atomic E-state index is 12.2. The number of hydrogen-bond acceptors (Lipinski definition) is 3. The van der Waals surface area contributed by atoms with Crippen LogP contribution in [0.25, 0.3) is 0 Å². The summed E-state index contributed by atoms with van der Waals surface area (Å²) in [6.45, 7) is 5.97. The van der Waals surface area contributed by atoms with E-state index in [-0.39, 0.29) is 12.4 Å². The first kappa shape index (κ1) is 17.3. The first-order chi connectivity index (χ1) is 10.9. The van der Waals surface area contributed by atoms with Crippen LogP contribution in [0.2, 0.25) is 0 Å². The van der Waals surface area contributed by atoms with Gasteiger partial charge in [-0.25, -0.2) is 8.42 Å². The van der Waals surface area contributed by atoms with Crippen LogP contribution in [0.1, 0.15) is 23.6 Å². The molecule has 124 valence electrons. The maximum Gasteiger partial charge on any atom is 0.236 e. The SMILES string of the molecule is CCc1ccc(OCCS(=O)(=O)Nc2c(C)cccc2C)cc1. The zero-order chi connectivity index (χ0) is 16.9. The standard InChI is InChI=1S/C18H23NO3S/c1-4-16-8-10-17(11-9-16)22-12-13-23(20,21)19-18-14(2)6-5-7-15(18)3/h5-11,19H,4,12-13H2,1-3H3. The molecule has 0 aliphatic heterocycles. The van der Waals surface area contributed by atoms with Crippen molar-refractivity contribution in [1.29, 1.82) is 0 Å². The van der Waals surface area contributed by atoms with Crippen LogP contribution in [0, 0.1) is 13.8 Å². The predicted octanol–water partition coefficient (Wildman–Crippen LogP) is 3.69. The molecule has 23 heavy (non-hydrogen) atoms. The van der Waals surface area contributed by atoms with Gasteiger partial charge >= 0.3 is 0 Å². The van der Waals surface area contributed by atoms with Crippen molar-refractivity contribution >= 4 is 15.7 Å². The summed E-state index contributed by atoms with van der Waals surface area (Å²) >= 11 is 0. The second-order valence-corrected chi connectivity index (χ2v) is 7.38. The molecule has 4 nitrogen and oxygen atoms in total. The number of benzene rings is 2. The number of nitrogens with one attached hydrogen (secondary N) is 1. The predicted molar refractivity (Wildman–Crippen MR) is 94.6 cm³/mol. The molecule has 0 amide bonds. The van der Waals surface area contributed by atoms with Gasteiger partial charge in [0.2, 0.25) is 10.0 Å². The highest BCUT2D eigenvalue weighted by Crippen LogP contribution is 2.21. The highest BCUT2D eigenvalue weighted by molar-refractivity contribution is 7.92. The Balaban J connectivity index is 1.93. The number of ether oxygens (including phenoxy) is 1. The van der Waals surface area contributed by atoms with Crippen molar-refractivity contribution in [1.82, 2.24) is 0 Å². The van der Waals surface area contributed by atoms with E-state index < -0.39 is 10.0 Å². The fourth-order valence-electron chi connectivity index (χ4n) is 2.27. The highest BCUT2D eigenvalue weighted by Gasteiger charge is 2.13. The quantitative estimate of drug-likeness (QED) is 0.841. The van der Waals surface area contributed by atoms with Gasteiger partial charge < -0.3 is 4.74 Å². The van der Waals surface area contributed by atoms with Gasteiger partial charge in [-0.3, -0.25) is 4.72 Å². The van der Waals surface area contributed by atoms with Crippen LogP contribution in [-0.4, -0.2) is 20.8 Å². The maximum absolute atomic E-state index is 12.2. The molecule has 2 aromatic carbocycles. The van der Waals surface area contributed by atoms with Crippen LogP contribution in [0.5, 0.6) is 5.75 Å². The molecule has 0 bridgehead atoms. The zero-order valence-electron chi connectivity index (χ0n) is 13.8. The van der Waals surface area contributed by atoms with E-state index in [9.17, 15) is 8.42 Å². The average molecular weight is 333 g/mol. The summed E-state index contributed by atoms with van der Waals surface area (Å²) in [4.78, 5) is 0. The second kappa shape index (κ2) is 7.51. The van der Waals surface area contributed by atoms with Gasteiger partial charge in [-0.05, 0) is 49.1 Å². The third kappa shape index (κ3) is 4.99. The van der Waals surface area contributed by atoms with Crippen molar-refractivity contribution in [3.05, 3.63) is 59.2 Å². The molecule has 0 spiro atoms. The minimum atomic E-state index is -3.44. The van der Waals surface area contributed by atoms with E-state index in [0.29, 0.717) is 11.4 Å². The Morgan fingerprint density at radius 1 is 1.00 bits per heavy atom. The highest BCUT2D eigenvalue weighted by atomic mass is 32.2. The second-order valence-electron chi connectivity index (χ2n) is 5.53. The molecule has 1 N–H and O–H groups in total. The van der Waals surface area contributed by atoms with Crippen molar-refractivity contribution < 1.29 is 13.2 Å². The minimum absolute atomic E-state index is 0.0870. The number of rotatable bonds is 7. The Hall–Kier alpha value is -2.01. The lowest BCUT2D eigenvalue weighted by Gasteiger charge is -2.13. The van der Waals surface area contributed by atoms with Gasteiger partial charge in [0.15, 0.2) is 0 Å². The Bertz CT molecular complexity index is 732. The van der Waals surface area contributed by atoms with Gasteiger partial charge in [0.25, 0.3) is 0 Å². The molecule has 0 unspecified atom stereocenters. The molecule has 0 radical (unpaired) electrons. The van der Waals surface area contributed by atoms with Gasteiger partial charge in [0, 0.05) is 0 Å². The first-order valence-electron chi connectivity index (χ1n) is 7.69. The summed E-state index contributed by atoms with van der Waals surface area (Å²) in [6, 6.07) is 13.4. The Morgan fingerprint density at radius 3 is 2.17 bits per heavy atom. The van der Waals surface area contributed by atoms with Crippen molar-refractivity contribution in [2.24, 2.45) is 0 Å². The topological polar surface area (TPSA) is 55.4 Å². The van der Waals surface area contributed by atoms with Gasteiger partial charge in [-0.2, -0.15) is 0 Å². The summed E-state index contributed by atoms with van der Waals surface area (Å²) in [5, 5.41) is 0. The largest absolute Gasteiger partial charge is 0.492 e. The summed E-state index contributed by atoms with van der Waals surface area (Å²) in [7, 11) is -3.44. The normalized spacial score (nSPS) is 11.3. The molecule has 5 heteroatoms. The molecular weight excluding hydrogens is 310 g/mol. The van der Waals surface area contributed by atoms with Crippen molar-refractivity contribution in [3.63, 3.8) is 0 Å². The van der Waals surface area contributed by atoms with Gasteiger partial charge in [-0.15, -0.1) is 0 Å². The van der Waals surface area contributed by atoms with E-state index in [1.807, 2.05) is 56.3 Å². The molecule has 0 atom stereocenters. The van der Waals surface area contributed by atoms with E-state index in [2.05, 4.69) is 11.6 Å². The van der Waals surface area contributed by atoms with Crippen molar-refractivity contribution in [2.45, 2.75) is 27.2 Å². The Morgan fingerprint density at radius 2 is 1.61 bits per heavy atom. The molecule has 0 saturated carbocycles. The molecule has 0 heterocycles. The lowest BCUT2D eigenvalue weighted by atomic mass is 10.1. The fraction of sp³-hybridized carbons (Fsp3) is 0.333. The van der Waals surface area contributed by atoms with E-state index in [0.717, 1.165) is 17.5 Å². The van der Waals surface area contributed by atoms with Crippen LogP contribution >= 0.6 is 0 Å². The van der Waals surface area contributed by atoms with E-state index in [4.69, 9.17) is 4.74 Å². The summed E-state index contributed by atoms with van der Waals surface area (Å²) in [5.74, 6) is 0.598. The molecule has 0 fully saturated rings. The summed E-state index contributed by atoms with van der Waals surface area (Å²) in [5.41, 5.74) is 3.69. The lowest BCUT2D eigenvalue weighted by molar-refractivity contribution is 0.341. The van der Waals surface area contributed by atoms with Crippen molar-refractivity contribution in [2.75, 3.05) is 17.1 Å².